The normalized spacial score (nSPS) is 10.8. The number of hydrogen-bond donors (Lipinski definition) is 1. The van der Waals surface area contributed by atoms with Crippen molar-refractivity contribution in [2.75, 3.05) is 5.32 Å². The Morgan fingerprint density at radius 1 is 0.939 bits per heavy atom. The molecule has 1 amide bonds. The summed E-state index contributed by atoms with van der Waals surface area (Å²) in [6.07, 6.45) is 1.33. The molecule has 0 saturated heterocycles. The average molecular weight is 454 g/mol. The second-order valence-corrected chi connectivity index (χ2v) is 8.31. The number of anilines is 1. The van der Waals surface area contributed by atoms with Crippen LogP contribution in [0, 0.1) is 6.92 Å². The molecule has 0 aliphatic rings. The number of aryl methyl sites for hydroxylation is 1. The van der Waals surface area contributed by atoms with Crippen LogP contribution in [0.1, 0.15) is 15.9 Å². The monoisotopic (exact) mass is 453 g/mol. The van der Waals surface area contributed by atoms with E-state index in [2.05, 4.69) is 10.3 Å². The lowest BCUT2D eigenvalue weighted by molar-refractivity contribution is 0.102. The molecular weight excluding hydrogens is 434 g/mol. The summed E-state index contributed by atoms with van der Waals surface area (Å²) in [6.45, 7) is 2.01. The molecule has 5 aromatic rings. The van der Waals surface area contributed by atoms with Crippen molar-refractivity contribution in [3.63, 3.8) is 0 Å². The second kappa shape index (κ2) is 8.72. The van der Waals surface area contributed by atoms with Gasteiger partial charge in [0.05, 0.1) is 5.69 Å². The van der Waals surface area contributed by atoms with Gasteiger partial charge in [0.1, 0.15) is 17.1 Å². The standard InChI is InChI=1S/C26H19N3O3S/c1-17-7-9-18(10-8-17)23-16-33-26-27-15-22(25(31)29(23)26)24(30)28-19-11-13-21(14-12-19)32-20-5-3-2-4-6-20/h2-16H,1H3,(H,28,30). The van der Waals surface area contributed by atoms with Crippen LogP contribution in [-0.2, 0) is 0 Å². The third-order valence-corrected chi connectivity index (χ3v) is 5.97. The van der Waals surface area contributed by atoms with Gasteiger partial charge in [0.15, 0.2) is 4.96 Å². The quantitative estimate of drug-likeness (QED) is 0.366. The summed E-state index contributed by atoms with van der Waals surface area (Å²) in [5.74, 6) is 0.852. The Morgan fingerprint density at radius 2 is 1.64 bits per heavy atom. The number of carbonyl (C=O) groups is 1. The predicted molar refractivity (Wildman–Crippen MR) is 130 cm³/mol. The molecule has 2 heterocycles. The highest BCUT2D eigenvalue weighted by molar-refractivity contribution is 7.15. The summed E-state index contributed by atoms with van der Waals surface area (Å²) in [6, 6.07) is 24.3. The van der Waals surface area contributed by atoms with Gasteiger partial charge in [-0.25, -0.2) is 4.98 Å². The third-order valence-electron chi connectivity index (χ3n) is 5.13. The van der Waals surface area contributed by atoms with E-state index in [1.54, 1.807) is 24.3 Å². The van der Waals surface area contributed by atoms with Gasteiger partial charge in [-0.3, -0.25) is 14.0 Å². The Morgan fingerprint density at radius 3 is 2.36 bits per heavy atom. The lowest BCUT2D eigenvalue weighted by Gasteiger charge is -2.08. The average Bonchev–Trinajstić information content (AvgIpc) is 3.27. The van der Waals surface area contributed by atoms with Gasteiger partial charge in [-0.05, 0) is 48.9 Å². The molecular formula is C26H19N3O3S. The van der Waals surface area contributed by atoms with Crippen LogP contribution in [0.5, 0.6) is 11.5 Å². The van der Waals surface area contributed by atoms with Gasteiger partial charge in [0.25, 0.3) is 11.5 Å². The fourth-order valence-electron chi connectivity index (χ4n) is 3.40. The molecule has 0 saturated carbocycles. The minimum atomic E-state index is -0.514. The number of amides is 1. The number of thiazole rings is 1. The first kappa shape index (κ1) is 20.7. The van der Waals surface area contributed by atoms with Crippen LogP contribution in [0.2, 0.25) is 0 Å². The molecule has 5 rings (SSSR count). The SMILES string of the molecule is Cc1ccc(-c2csc3ncc(C(=O)Nc4ccc(Oc5ccccc5)cc4)c(=O)n23)cc1. The van der Waals surface area contributed by atoms with E-state index in [0.29, 0.717) is 22.1 Å². The zero-order valence-electron chi connectivity index (χ0n) is 17.7. The largest absolute Gasteiger partial charge is 0.457 e. The fourth-order valence-corrected chi connectivity index (χ4v) is 4.26. The van der Waals surface area contributed by atoms with Crippen LogP contribution < -0.4 is 15.6 Å². The molecule has 3 aromatic carbocycles. The third kappa shape index (κ3) is 4.26. The lowest BCUT2D eigenvalue weighted by atomic mass is 10.1. The van der Waals surface area contributed by atoms with Gasteiger partial charge in [-0.15, -0.1) is 11.3 Å². The van der Waals surface area contributed by atoms with Gasteiger partial charge >= 0.3 is 0 Å². The minimum Gasteiger partial charge on any atom is -0.457 e. The van der Waals surface area contributed by atoms with Crippen LogP contribution in [0.25, 0.3) is 16.2 Å². The first-order valence-corrected chi connectivity index (χ1v) is 11.2. The van der Waals surface area contributed by atoms with Gasteiger partial charge in [0.2, 0.25) is 0 Å². The Bertz CT molecular complexity index is 1490. The van der Waals surface area contributed by atoms with Crippen molar-refractivity contribution in [3.05, 3.63) is 112 Å². The summed E-state index contributed by atoms with van der Waals surface area (Å²) >= 11 is 1.36. The van der Waals surface area contributed by atoms with Crippen molar-refractivity contribution in [3.8, 4) is 22.8 Å². The molecule has 0 atom stereocenters. The molecule has 0 bridgehead atoms. The fraction of sp³-hybridized carbons (Fsp3) is 0.0385. The van der Waals surface area contributed by atoms with Crippen LogP contribution in [0.15, 0.2) is 95.2 Å². The highest BCUT2D eigenvalue weighted by Crippen LogP contribution is 2.25. The summed E-state index contributed by atoms with van der Waals surface area (Å²) in [4.78, 5) is 30.9. The molecule has 0 aliphatic heterocycles. The first-order valence-electron chi connectivity index (χ1n) is 10.3. The van der Waals surface area contributed by atoms with E-state index in [1.165, 1.54) is 21.9 Å². The summed E-state index contributed by atoms with van der Waals surface area (Å²) < 4.78 is 7.26. The number of aromatic nitrogens is 2. The van der Waals surface area contributed by atoms with Gasteiger partial charge in [-0.1, -0.05) is 48.0 Å². The number of fused-ring (bicyclic) bond motifs is 1. The van der Waals surface area contributed by atoms with E-state index in [4.69, 9.17) is 4.74 Å². The highest BCUT2D eigenvalue weighted by Gasteiger charge is 2.17. The smallest absolute Gasteiger partial charge is 0.271 e. The molecule has 0 radical (unpaired) electrons. The Labute approximate surface area is 193 Å². The number of nitrogens with one attached hydrogen (secondary N) is 1. The molecule has 2 aromatic heterocycles. The Kier molecular flexibility index (Phi) is 5.46. The molecule has 6 nitrogen and oxygen atoms in total. The maximum Gasteiger partial charge on any atom is 0.271 e. The minimum absolute atomic E-state index is 0.0242. The van der Waals surface area contributed by atoms with Crippen molar-refractivity contribution in [2.45, 2.75) is 6.92 Å². The number of ether oxygens (including phenoxy) is 1. The summed E-state index contributed by atoms with van der Waals surface area (Å²) in [5, 5.41) is 4.65. The van der Waals surface area contributed by atoms with E-state index in [1.807, 2.05) is 66.9 Å². The number of carbonyl (C=O) groups excluding carboxylic acids is 1. The van der Waals surface area contributed by atoms with Gasteiger partial charge < -0.3 is 10.1 Å². The van der Waals surface area contributed by atoms with E-state index in [9.17, 15) is 9.59 Å². The molecule has 0 aliphatic carbocycles. The van der Waals surface area contributed by atoms with Crippen molar-refractivity contribution in [1.29, 1.82) is 0 Å². The topological polar surface area (TPSA) is 72.7 Å². The number of hydrogen-bond acceptors (Lipinski definition) is 5. The van der Waals surface area contributed by atoms with Crippen LogP contribution in [0.3, 0.4) is 0 Å². The predicted octanol–water partition coefficient (Wildman–Crippen LogP) is 5.78. The second-order valence-electron chi connectivity index (χ2n) is 7.48. The summed E-state index contributed by atoms with van der Waals surface area (Å²) in [5.41, 5.74) is 2.85. The Balaban J connectivity index is 1.39. The van der Waals surface area contributed by atoms with Crippen molar-refractivity contribution in [2.24, 2.45) is 0 Å². The van der Waals surface area contributed by atoms with Crippen LogP contribution >= 0.6 is 11.3 Å². The van der Waals surface area contributed by atoms with Crippen molar-refractivity contribution in [1.82, 2.24) is 9.38 Å². The van der Waals surface area contributed by atoms with E-state index in [-0.39, 0.29) is 5.56 Å². The molecule has 0 spiro atoms. The number of rotatable bonds is 5. The van der Waals surface area contributed by atoms with Crippen molar-refractivity contribution < 1.29 is 9.53 Å². The lowest BCUT2D eigenvalue weighted by Crippen LogP contribution is -2.26. The van der Waals surface area contributed by atoms with Crippen LogP contribution in [0.4, 0.5) is 5.69 Å². The zero-order valence-corrected chi connectivity index (χ0v) is 18.5. The van der Waals surface area contributed by atoms with E-state index in [0.717, 1.165) is 16.9 Å². The molecule has 1 N–H and O–H groups in total. The number of para-hydroxylation sites is 1. The summed E-state index contributed by atoms with van der Waals surface area (Å²) in [7, 11) is 0. The van der Waals surface area contributed by atoms with E-state index >= 15 is 0 Å². The zero-order chi connectivity index (χ0) is 22.8. The number of nitrogens with zero attached hydrogens (tertiary/aromatic N) is 2. The van der Waals surface area contributed by atoms with E-state index < -0.39 is 11.5 Å². The molecule has 33 heavy (non-hydrogen) atoms. The van der Waals surface area contributed by atoms with Gasteiger partial charge in [-0.2, -0.15) is 0 Å². The number of benzene rings is 3. The molecule has 7 heteroatoms. The van der Waals surface area contributed by atoms with Crippen molar-refractivity contribution >= 4 is 27.9 Å². The maximum atomic E-state index is 13.2. The molecule has 162 valence electrons. The maximum absolute atomic E-state index is 13.2. The highest BCUT2D eigenvalue weighted by atomic mass is 32.1. The Hall–Kier alpha value is -4.23. The molecule has 0 fully saturated rings. The molecule has 0 unspecified atom stereocenters. The van der Waals surface area contributed by atoms with Crippen LogP contribution in [-0.4, -0.2) is 15.3 Å². The van der Waals surface area contributed by atoms with Gasteiger partial charge in [0, 0.05) is 17.3 Å². The first-order chi connectivity index (χ1) is 16.1.